The second-order valence-corrected chi connectivity index (χ2v) is 8.59. The smallest absolute Gasteiger partial charge is 0.176 e. The molecule has 0 aromatic carbocycles. The van der Waals surface area contributed by atoms with Gasteiger partial charge in [-0.2, -0.15) is 0 Å². The van der Waals surface area contributed by atoms with Crippen LogP contribution in [0.3, 0.4) is 0 Å². The molecule has 0 spiro atoms. The van der Waals surface area contributed by atoms with Crippen LogP contribution in [0.5, 0.6) is 0 Å². The zero-order valence-corrected chi connectivity index (χ0v) is 18.1. The van der Waals surface area contributed by atoms with Gasteiger partial charge in [0.05, 0.1) is 37.9 Å². The average Bonchev–Trinajstić information content (AvgIpc) is 2.83. The second-order valence-electron chi connectivity index (χ2n) is 8.59. The first-order valence-corrected chi connectivity index (χ1v) is 10.8. The predicted octanol–water partition coefficient (Wildman–Crippen LogP) is -7.67. The van der Waals surface area contributed by atoms with Gasteiger partial charge in [0.2, 0.25) is 0 Å². The molecule has 200 valence electrons. The summed E-state index contributed by atoms with van der Waals surface area (Å²) in [6.07, 6.45) is -16.8. The molecular formula is C18H35N3O13. The summed E-state index contributed by atoms with van der Waals surface area (Å²) in [5.41, 5.74) is 17.6. The molecule has 16 heteroatoms. The van der Waals surface area contributed by atoms with Gasteiger partial charge >= 0.3 is 0 Å². The average molecular weight is 501 g/mol. The first kappa shape index (κ1) is 27.9. The van der Waals surface area contributed by atoms with Crippen LogP contribution in [0.2, 0.25) is 0 Å². The zero-order valence-electron chi connectivity index (χ0n) is 18.1. The summed E-state index contributed by atoms with van der Waals surface area (Å²) >= 11 is 0. The van der Waals surface area contributed by atoms with E-state index in [9.17, 15) is 40.9 Å². The Balaban J connectivity index is 1.72. The highest BCUT2D eigenvalue weighted by molar-refractivity contribution is 4.98. The van der Waals surface area contributed by atoms with Crippen molar-refractivity contribution in [1.82, 2.24) is 0 Å². The molecule has 6 unspecified atom stereocenters. The minimum Gasteiger partial charge on any atom is -0.394 e. The highest BCUT2D eigenvalue weighted by atomic mass is 16.7. The number of hydrogen-bond acceptors (Lipinski definition) is 16. The zero-order chi connectivity index (χ0) is 25.3. The van der Waals surface area contributed by atoms with Crippen molar-refractivity contribution in [3.63, 3.8) is 0 Å². The summed E-state index contributed by atoms with van der Waals surface area (Å²) in [4.78, 5) is 0. The van der Waals surface area contributed by atoms with Gasteiger partial charge < -0.3 is 81.7 Å². The summed E-state index contributed by atoms with van der Waals surface area (Å²) in [5.74, 6) is 0. The van der Waals surface area contributed by atoms with Crippen LogP contribution in [0.15, 0.2) is 0 Å². The summed E-state index contributed by atoms with van der Waals surface area (Å²) in [7, 11) is 0. The lowest BCUT2D eigenvalue weighted by atomic mass is 9.94. The van der Waals surface area contributed by atoms with E-state index in [-0.39, 0.29) is 0 Å². The van der Waals surface area contributed by atoms with Crippen molar-refractivity contribution < 1.29 is 64.5 Å². The van der Waals surface area contributed by atoms with Crippen molar-refractivity contribution in [2.45, 2.75) is 91.9 Å². The maximum Gasteiger partial charge on any atom is 0.176 e. The number of nitrogens with two attached hydrogens (primary N) is 3. The first-order chi connectivity index (χ1) is 16.0. The molecule has 15 atom stereocenters. The molecule has 14 N–H and O–H groups in total. The van der Waals surface area contributed by atoms with Gasteiger partial charge in [0.1, 0.15) is 54.9 Å². The molecule has 3 heterocycles. The molecule has 0 saturated carbocycles. The van der Waals surface area contributed by atoms with Crippen molar-refractivity contribution >= 4 is 0 Å². The first-order valence-electron chi connectivity index (χ1n) is 10.8. The molecule has 3 aliphatic heterocycles. The molecule has 0 aliphatic carbocycles. The van der Waals surface area contributed by atoms with Gasteiger partial charge in [0, 0.05) is 0 Å². The van der Waals surface area contributed by atoms with Crippen LogP contribution in [-0.4, -0.2) is 153 Å². The molecule has 3 fully saturated rings. The van der Waals surface area contributed by atoms with Crippen molar-refractivity contribution in [1.29, 1.82) is 0 Å². The van der Waals surface area contributed by atoms with Gasteiger partial charge in [0.25, 0.3) is 0 Å². The Kier molecular flexibility index (Phi) is 9.54. The van der Waals surface area contributed by atoms with Gasteiger partial charge in [-0.05, 0) is 0 Å². The Morgan fingerprint density at radius 3 is 1.44 bits per heavy atom. The number of rotatable bonds is 7. The fourth-order valence-corrected chi connectivity index (χ4v) is 4.18. The largest absolute Gasteiger partial charge is 0.394 e. The van der Waals surface area contributed by atoms with Crippen LogP contribution >= 0.6 is 0 Å². The number of aliphatic hydroxyl groups is 8. The number of aliphatic hydroxyl groups excluding tert-OH is 8. The molecule has 16 nitrogen and oxygen atoms in total. The van der Waals surface area contributed by atoms with Gasteiger partial charge in [-0.25, -0.2) is 0 Å². The van der Waals surface area contributed by atoms with Crippen LogP contribution in [0.25, 0.3) is 0 Å². The van der Waals surface area contributed by atoms with Crippen LogP contribution in [0.4, 0.5) is 0 Å². The van der Waals surface area contributed by atoms with Gasteiger partial charge in [-0.15, -0.1) is 0 Å². The molecule has 3 aliphatic rings. The highest BCUT2D eigenvalue weighted by Gasteiger charge is 2.52. The van der Waals surface area contributed by atoms with Gasteiger partial charge in [-0.1, -0.05) is 0 Å². The Hall–Kier alpha value is -0.640. The quantitative estimate of drug-likeness (QED) is 0.154. The Morgan fingerprint density at radius 2 is 0.941 bits per heavy atom. The molecule has 34 heavy (non-hydrogen) atoms. The van der Waals surface area contributed by atoms with E-state index in [1.165, 1.54) is 0 Å². The van der Waals surface area contributed by atoms with Crippen molar-refractivity contribution in [2.75, 3.05) is 19.8 Å². The van der Waals surface area contributed by atoms with Crippen LogP contribution in [0, 0.1) is 0 Å². The molecule has 0 amide bonds. The Labute approximate surface area is 194 Å². The minimum atomic E-state index is -1.56. The van der Waals surface area contributed by atoms with Gasteiger partial charge in [0.15, 0.2) is 18.9 Å². The van der Waals surface area contributed by atoms with Gasteiger partial charge in [-0.3, -0.25) is 0 Å². The molecule has 3 rings (SSSR count). The van der Waals surface area contributed by atoms with E-state index in [1.54, 1.807) is 0 Å². The van der Waals surface area contributed by atoms with E-state index in [4.69, 9.17) is 40.9 Å². The molecule has 0 aromatic rings. The normalized spacial score (nSPS) is 52.5. The lowest BCUT2D eigenvalue weighted by Crippen LogP contribution is -2.69. The van der Waals surface area contributed by atoms with E-state index >= 15 is 0 Å². The molecule has 0 bridgehead atoms. The molecular weight excluding hydrogens is 466 g/mol. The molecule has 0 radical (unpaired) electrons. The van der Waals surface area contributed by atoms with E-state index in [1.807, 2.05) is 0 Å². The van der Waals surface area contributed by atoms with E-state index in [2.05, 4.69) is 0 Å². The topological polar surface area (TPSA) is 286 Å². The fourth-order valence-electron chi connectivity index (χ4n) is 4.18. The van der Waals surface area contributed by atoms with Crippen LogP contribution in [-0.2, 0) is 23.7 Å². The monoisotopic (exact) mass is 501 g/mol. The minimum absolute atomic E-state index is 0.651. The third-order valence-corrected chi connectivity index (χ3v) is 6.33. The van der Waals surface area contributed by atoms with Crippen molar-refractivity contribution in [2.24, 2.45) is 17.2 Å². The highest BCUT2D eigenvalue weighted by Crippen LogP contribution is 2.30. The lowest BCUT2D eigenvalue weighted by molar-refractivity contribution is -0.348. The molecule has 0 aromatic heterocycles. The third kappa shape index (κ3) is 5.37. The van der Waals surface area contributed by atoms with Crippen molar-refractivity contribution in [3.8, 4) is 0 Å². The van der Waals surface area contributed by atoms with E-state index < -0.39 is 112 Å². The number of ether oxygens (including phenoxy) is 5. The summed E-state index contributed by atoms with van der Waals surface area (Å²) in [6, 6.07) is -3.87. The third-order valence-electron chi connectivity index (χ3n) is 6.33. The fraction of sp³-hybridized carbons (Fsp3) is 1.00. The maximum absolute atomic E-state index is 10.8. The maximum atomic E-state index is 10.8. The second kappa shape index (κ2) is 11.6. The van der Waals surface area contributed by atoms with Crippen LogP contribution < -0.4 is 17.2 Å². The summed E-state index contributed by atoms with van der Waals surface area (Å²) in [5, 5.41) is 79.6. The summed E-state index contributed by atoms with van der Waals surface area (Å²) in [6.45, 7) is -2.00. The standard InChI is InChI=1S/C18H35N3O13/c19-7-12(27)14(5(2-23)30-16(7)29)33-18-9(21)13(28)15(6(3-24)32-18)34-17-8(20)11(26)10(25)4(1-22)31-17/h4-18,22-29H,1-3,19-21H2/t4?,5?,6?,7?,8?,9?,10-,11-,12-,13-,14-,15-,16-,17+,18+/m1/s1. The van der Waals surface area contributed by atoms with E-state index in [0.717, 1.165) is 0 Å². The Morgan fingerprint density at radius 1 is 0.529 bits per heavy atom. The SMILES string of the molecule is NC1[C@H](O[C@@H]2C(CO)O[C@@H](O[C@@H]3C(CO)O[C@@H](O)C(N)[C@H]3O)C(N)[C@H]2O)OC(CO)[C@@H](O)[C@@H]1O. The number of hydrogen-bond donors (Lipinski definition) is 11. The van der Waals surface area contributed by atoms with E-state index in [0.29, 0.717) is 0 Å². The summed E-state index contributed by atoms with van der Waals surface area (Å²) < 4.78 is 27.4. The predicted molar refractivity (Wildman–Crippen MR) is 107 cm³/mol. The molecule has 3 saturated heterocycles. The Bertz CT molecular complexity index is 646. The van der Waals surface area contributed by atoms with Crippen molar-refractivity contribution in [3.05, 3.63) is 0 Å². The lowest BCUT2D eigenvalue weighted by Gasteiger charge is -2.48. The van der Waals surface area contributed by atoms with Crippen LogP contribution in [0.1, 0.15) is 0 Å².